The van der Waals surface area contributed by atoms with Crippen molar-refractivity contribution in [2.45, 2.75) is 32.7 Å². The summed E-state index contributed by atoms with van der Waals surface area (Å²) in [6, 6.07) is 0.883. The summed E-state index contributed by atoms with van der Waals surface area (Å²) < 4.78 is 0. The molecule has 0 saturated carbocycles. The van der Waals surface area contributed by atoms with E-state index in [0.29, 0.717) is 30.6 Å². The highest BCUT2D eigenvalue weighted by Crippen LogP contribution is 2.20. The van der Waals surface area contributed by atoms with Crippen molar-refractivity contribution >= 4 is 11.9 Å². The van der Waals surface area contributed by atoms with Crippen molar-refractivity contribution in [2.75, 3.05) is 6.54 Å². The van der Waals surface area contributed by atoms with Crippen LogP contribution in [0, 0.1) is 13.8 Å². The van der Waals surface area contributed by atoms with Gasteiger partial charge in [-0.1, -0.05) is 0 Å². The Balaban J connectivity index is 2.40. The van der Waals surface area contributed by atoms with Gasteiger partial charge in [0.1, 0.15) is 11.6 Å². The molecule has 2 rings (SSSR count). The molecule has 1 aliphatic heterocycles. The Kier molecular flexibility index (Phi) is 3.42. The summed E-state index contributed by atoms with van der Waals surface area (Å²) in [5.41, 5.74) is 0.829. The summed E-state index contributed by atoms with van der Waals surface area (Å²) in [7, 11) is 0. The number of carboxylic acid groups (broad SMARTS) is 1. The quantitative estimate of drug-likeness (QED) is 0.821. The van der Waals surface area contributed by atoms with Crippen LogP contribution in [0.4, 0.5) is 0 Å². The third-order valence-corrected chi connectivity index (χ3v) is 3.38. The Morgan fingerprint density at radius 2 is 2.11 bits per heavy atom. The molecule has 1 aromatic rings. The molecule has 1 unspecified atom stereocenters. The van der Waals surface area contributed by atoms with Gasteiger partial charge in [-0.2, -0.15) is 0 Å². The van der Waals surface area contributed by atoms with Gasteiger partial charge in [0, 0.05) is 12.2 Å². The van der Waals surface area contributed by atoms with Crippen LogP contribution < -0.4 is 5.56 Å². The highest BCUT2D eigenvalue weighted by Gasteiger charge is 2.35. The van der Waals surface area contributed by atoms with Gasteiger partial charge in [0.2, 0.25) is 0 Å². The number of aromatic amines is 1. The molecule has 0 aliphatic carbocycles. The zero-order valence-corrected chi connectivity index (χ0v) is 10.9. The topological polar surface area (TPSA) is 90.5 Å². The lowest BCUT2D eigenvalue weighted by Gasteiger charge is -2.21. The molecule has 1 aromatic heterocycles. The zero-order valence-electron chi connectivity index (χ0n) is 10.9. The number of aliphatic carboxylic acids is 1. The van der Waals surface area contributed by atoms with Crippen LogP contribution in [-0.4, -0.2) is 39.5 Å². The van der Waals surface area contributed by atoms with Gasteiger partial charge in [0.05, 0.1) is 0 Å². The monoisotopic (exact) mass is 264 g/mol. The second kappa shape index (κ2) is 4.87. The third kappa shape index (κ3) is 2.38. The van der Waals surface area contributed by atoms with Gasteiger partial charge in [-0.05, 0) is 38.3 Å². The maximum Gasteiger partial charge on any atom is 0.326 e. The summed E-state index contributed by atoms with van der Waals surface area (Å²) >= 11 is 0. The molecule has 0 radical (unpaired) electrons. The minimum absolute atomic E-state index is 0.0405. The van der Waals surface area contributed by atoms with Crippen molar-refractivity contribution in [2.24, 2.45) is 0 Å². The molecule has 102 valence electrons. The minimum Gasteiger partial charge on any atom is -0.480 e. The van der Waals surface area contributed by atoms with Gasteiger partial charge >= 0.3 is 5.97 Å². The van der Waals surface area contributed by atoms with Crippen LogP contribution in [0.5, 0.6) is 0 Å². The lowest BCUT2D eigenvalue weighted by molar-refractivity contribution is -0.141. The third-order valence-electron chi connectivity index (χ3n) is 3.38. The smallest absolute Gasteiger partial charge is 0.326 e. The predicted octanol–water partition coefficient (Wildman–Crippen LogP) is 0.681. The molecule has 0 spiro atoms. The van der Waals surface area contributed by atoms with E-state index in [-0.39, 0.29) is 5.56 Å². The summed E-state index contributed by atoms with van der Waals surface area (Å²) in [6.07, 6.45) is 1.08. The fraction of sp³-hybridized carbons (Fsp3) is 0.462. The molecule has 1 amide bonds. The highest BCUT2D eigenvalue weighted by molar-refractivity contribution is 5.97. The van der Waals surface area contributed by atoms with E-state index in [9.17, 15) is 14.4 Å². The number of aromatic nitrogens is 1. The van der Waals surface area contributed by atoms with E-state index < -0.39 is 23.5 Å². The SMILES string of the molecule is Cc1cc(C)c(C(=O)N2CCCC2C(=O)O)c(=O)[nH]1. The average molecular weight is 264 g/mol. The number of carboxylic acids is 1. The molecule has 6 nitrogen and oxygen atoms in total. The molecule has 6 heteroatoms. The summed E-state index contributed by atoms with van der Waals surface area (Å²) in [5, 5.41) is 9.08. The lowest BCUT2D eigenvalue weighted by atomic mass is 10.1. The standard InChI is InChI=1S/C13H16N2O4/c1-7-6-8(2)14-11(16)10(7)12(17)15-5-3-4-9(15)13(18)19/h6,9H,3-5H2,1-2H3,(H,14,16)(H,18,19). The van der Waals surface area contributed by atoms with Crippen LogP contribution in [-0.2, 0) is 4.79 Å². The van der Waals surface area contributed by atoms with E-state index >= 15 is 0 Å². The maximum absolute atomic E-state index is 12.4. The normalized spacial score (nSPS) is 18.6. The van der Waals surface area contributed by atoms with Crippen LogP contribution in [0.3, 0.4) is 0 Å². The molecule has 1 saturated heterocycles. The van der Waals surface area contributed by atoms with Crippen molar-refractivity contribution in [1.82, 2.24) is 9.88 Å². The van der Waals surface area contributed by atoms with Gasteiger partial charge in [0.25, 0.3) is 11.5 Å². The van der Waals surface area contributed by atoms with E-state index in [2.05, 4.69) is 4.98 Å². The minimum atomic E-state index is -1.02. The molecular weight excluding hydrogens is 248 g/mol. The van der Waals surface area contributed by atoms with Gasteiger partial charge in [-0.3, -0.25) is 9.59 Å². The number of pyridine rings is 1. The largest absolute Gasteiger partial charge is 0.480 e. The number of carbonyl (C=O) groups excluding carboxylic acids is 1. The summed E-state index contributed by atoms with van der Waals surface area (Å²) in [5.74, 6) is -1.52. The van der Waals surface area contributed by atoms with Crippen molar-refractivity contribution in [3.63, 3.8) is 0 Å². The Morgan fingerprint density at radius 1 is 1.42 bits per heavy atom. The molecule has 1 atom stereocenters. The van der Waals surface area contributed by atoms with E-state index in [1.165, 1.54) is 4.90 Å². The number of amides is 1. The number of hydrogen-bond donors (Lipinski definition) is 2. The molecule has 1 fully saturated rings. The van der Waals surface area contributed by atoms with Gasteiger partial charge in [0.15, 0.2) is 0 Å². The number of rotatable bonds is 2. The fourth-order valence-corrected chi connectivity index (χ4v) is 2.53. The molecular formula is C13H16N2O4. The number of nitrogens with zero attached hydrogens (tertiary/aromatic N) is 1. The maximum atomic E-state index is 12.4. The summed E-state index contributed by atoms with van der Waals surface area (Å²) in [4.78, 5) is 39.2. The Morgan fingerprint density at radius 3 is 2.68 bits per heavy atom. The molecule has 0 aromatic carbocycles. The van der Waals surface area contributed by atoms with Crippen molar-refractivity contribution < 1.29 is 14.7 Å². The van der Waals surface area contributed by atoms with E-state index in [1.807, 2.05) is 0 Å². The molecule has 1 aliphatic rings. The van der Waals surface area contributed by atoms with Crippen molar-refractivity contribution in [3.8, 4) is 0 Å². The first-order chi connectivity index (χ1) is 8.91. The van der Waals surface area contributed by atoms with E-state index in [0.717, 1.165) is 0 Å². The zero-order chi connectivity index (χ0) is 14.2. The molecule has 0 bridgehead atoms. The van der Waals surface area contributed by atoms with Gasteiger partial charge in [-0.25, -0.2) is 4.79 Å². The van der Waals surface area contributed by atoms with Crippen LogP contribution in [0.2, 0.25) is 0 Å². The Hall–Kier alpha value is -2.11. The van der Waals surface area contributed by atoms with Crippen LogP contribution in [0.25, 0.3) is 0 Å². The first kappa shape index (κ1) is 13.3. The van der Waals surface area contributed by atoms with Gasteiger partial charge in [-0.15, -0.1) is 0 Å². The molecule has 2 N–H and O–H groups in total. The number of hydrogen-bond acceptors (Lipinski definition) is 3. The molecule has 2 heterocycles. The number of carbonyl (C=O) groups is 2. The molecule has 19 heavy (non-hydrogen) atoms. The second-order valence-electron chi connectivity index (χ2n) is 4.83. The Bertz CT molecular complexity index is 591. The number of aryl methyl sites for hydroxylation is 2. The Labute approximate surface area is 110 Å². The average Bonchev–Trinajstić information content (AvgIpc) is 2.75. The summed E-state index contributed by atoms with van der Waals surface area (Å²) in [6.45, 7) is 3.79. The highest BCUT2D eigenvalue weighted by atomic mass is 16.4. The second-order valence-corrected chi connectivity index (χ2v) is 4.83. The lowest BCUT2D eigenvalue weighted by Crippen LogP contribution is -2.42. The number of H-pyrrole nitrogens is 1. The fourth-order valence-electron chi connectivity index (χ4n) is 2.53. The first-order valence-corrected chi connectivity index (χ1v) is 6.16. The van der Waals surface area contributed by atoms with E-state index in [4.69, 9.17) is 5.11 Å². The number of nitrogens with one attached hydrogen (secondary N) is 1. The first-order valence-electron chi connectivity index (χ1n) is 6.16. The van der Waals surface area contributed by atoms with Crippen LogP contribution in [0.1, 0.15) is 34.5 Å². The van der Waals surface area contributed by atoms with Crippen molar-refractivity contribution in [3.05, 3.63) is 33.2 Å². The predicted molar refractivity (Wildman–Crippen MR) is 68.2 cm³/mol. The van der Waals surface area contributed by atoms with Crippen LogP contribution in [0.15, 0.2) is 10.9 Å². The number of likely N-dealkylation sites (tertiary alicyclic amines) is 1. The van der Waals surface area contributed by atoms with E-state index in [1.54, 1.807) is 19.9 Å². The van der Waals surface area contributed by atoms with Gasteiger partial charge < -0.3 is 15.0 Å². The van der Waals surface area contributed by atoms with Crippen LogP contribution >= 0.6 is 0 Å². The van der Waals surface area contributed by atoms with Crippen molar-refractivity contribution in [1.29, 1.82) is 0 Å².